The topological polar surface area (TPSA) is 158 Å². The number of carbonyl (C=O) groups excluding carboxylic acids is 1. The van der Waals surface area contributed by atoms with Gasteiger partial charge in [-0.05, 0) is 69.0 Å². The lowest BCUT2D eigenvalue weighted by atomic mass is 9.78. The molecule has 0 radical (unpaired) electrons. The van der Waals surface area contributed by atoms with E-state index in [1.165, 1.54) is 0 Å². The first-order chi connectivity index (χ1) is 23.1. The van der Waals surface area contributed by atoms with Crippen molar-refractivity contribution in [1.29, 1.82) is 0 Å². The van der Waals surface area contributed by atoms with Gasteiger partial charge in [-0.3, -0.25) is 4.79 Å². The summed E-state index contributed by atoms with van der Waals surface area (Å²) in [7, 11) is 5.38. The highest BCUT2D eigenvalue weighted by atomic mass is 16.7. The fourth-order valence-electron chi connectivity index (χ4n) is 8.37. The number of nitrogens with zero attached hydrogens (tertiary/aromatic N) is 2. The normalized spacial score (nSPS) is 49.1. The van der Waals surface area contributed by atoms with Crippen molar-refractivity contribution >= 4 is 11.9 Å². The Morgan fingerprint density at radius 3 is 2.14 bits per heavy atom. The summed E-state index contributed by atoms with van der Waals surface area (Å²) in [6.45, 7) is 20.5. The molecule has 4 aliphatic rings. The molecule has 0 saturated carbocycles. The molecule has 13 nitrogen and oxygen atoms in total. The molecule has 4 rings (SSSR count). The van der Waals surface area contributed by atoms with Crippen LogP contribution in [0.4, 0.5) is 0 Å². The third-order valence-corrected chi connectivity index (χ3v) is 12.2. The lowest BCUT2D eigenvalue weighted by molar-refractivity contribution is -0.315. The van der Waals surface area contributed by atoms with E-state index in [2.05, 4.69) is 0 Å². The van der Waals surface area contributed by atoms with Gasteiger partial charge >= 0.3 is 5.97 Å². The third-order valence-electron chi connectivity index (χ3n) is 12.2. The summed E-state index contributed by atoms with van der Waals surface area (Å²) in [6.07, 6.45) is -6.47. The summed E-state index contributed by atoms with van der Waals surface area (Å²) in [4.78, 5) is 21.0. The minimum Gasteiger partial charge on any atom is -0.472 e. The Labute approximate surface area is 299 Å². The Morgan fingerprint density at radius 2 is 1.54 bits per heavy atom. The van der Waals surface area contributed by atoms with Crippen LogP contribution in [0.25, 0.3) is 0 Å². The lowest BCUT2D eigenvalue weighted by Gasteiger charge is -2.48. The number of aliphatic hydroxyl groups excluding tert-OH is 3. The van der Waals surface area contributed by atoms with Crippen molar-refractivity contribution in [3.05, 3.63) is 0 Å². The number of methoxy groups -OCH3 is 1. The van der Waals surface area contributed by atoms with Gasteiger partial charge in [0, 0.05) is 43.2 Å². The maximum Gasteiger partial charge on any atom is 0.311 e. The Bertz CT molecular complexity index is 1200. The van der Waals surface area contributed by atoms with Crippen molar-refractivity contribution in [3.8, 4) is 0 Å². The predicted octanol–water partition coefficient (Wildman–Crippen LogP) is 3.29. The molecule has 4 aliphatic heterocycles. The molecule has 2 bridgehead atoms. The van der Waals surface area contributed by atoms with Gasteiger partial charge in [-0.15, -0.1) is 0 Å². The average molecular weight is 715 g/mol. The molecular weight excluding hydrogens is 648 g/mol. The summed E-state index contributed by atoms with van der Waals surface area (Å²) in [5.74, 6) is -1.53. The van der Waals surface area contributed by atoms with Crippen LogP contribution >= 0.6 is 0 Å². The van der Waals surface area contributed by atoms with Gasteiger partial charge in [0.1, 0.15) is 30.0 Å². The van der Waals surface area contributed by atoms with E-state index < -0.39 is 95.8 Å². The molecule has 4 heterocycles. The van der Waals surface area contributed by atoms with E-state index >= 15 is 0 Å². The number of hydrogen-bond acceptors (Lipinski definition) is 13. The highest BCUT2D eigenvalue weighted by molar-refractivity contribution is 5.81. The third kappa shape index (κ3) is 8.21. The summed E-state index contributed by atoms with van der Waals surface area (Å²) in [6, 6.07) is -0.769. The molecule has 3 fully saturated rings. The number of esters is 1. The van der Waals surface area contributed by atoms with Crippen LogP contribution in [0.5, 0.6) is 0 Å². The van der Waals surface area contributed by atoms with Gasteiger partial charge in [0.25, 0.3) is 0 Å². The number of hydrogen-bond donors (Lipinski definition) is 3. The number of aliphatic imine (C=N–C) groups is 1. The van der Waals surface area contributed by atoms with Crippen LogP contribution in [-0.4, -0.2) is 138 Å². The van der Waals surface area contributed by atoms with Gasteiger partial charge < -0.3 is 53.4 Å². The minimum absolute atomic E-state index is 0.120. The summed E-state index contributed by atoms with van der Waals surface area (Å²) < 4.78 is 44.8. The number of ether oxygens (including phenoxy) is 7. The van der Waals surface area contributed by atoms with Crippen LogP contribution in [0.1, 0.15) is 95.4 Å². The number of cyclic esters (lactones) is 1. The maximum absolute atomic E-state index is 14.1. The second-order valence-electron chi connectivity index (χ2n) is 16.9. The van der Waals surface area contributed by atoms with E-state index in [1.807, 2.05) is 74.4 Å². The number of aliphatic hydroxyl groups is 3. The van der Waals surface area contributed by atoms with Crippen LogP contribution in [0.2, 0.25) is 0 Å². The van der Waals surface area contributed by atoms with Crippen LogP contribution in [0, 0.1) is 23.2 Å². The van der Waals surface area contributed by atoms with E-state index in [4.69, 9.17) is 38.2 Å². The fourth-order valence-corrected chi connectivity index (χ4v) is 8.37. The highest BCUT2D eigenvalue weighted by Crippen LogP contribution is 2.44. The van der Waals surface area contributed by atoms with E-state index in [1.54, 1.807) is 27.9 Å². The molecule has 0 aromatic carbocycles. The summed E-state index contributed by atoms with van der Waals surface area (Å²) in [5, 5.41) is 34.0. The molecule has 0 amide bonds. The molecule has 50 heavy (non-hydrogen) atoms. The molecule has 3 N–H and O–H groups in total. The van der Waals surface area contributed by atoms with Gasteiger partial charge in [-0.1, -0.05) is 27.7 Å². The molecular formula is C37H66N2O11. The van der Waals surface area contributed by atoms with Crippen molar-refractivity contribution in [2.45, 2.75) is 180 Å². The van der Waals surface area contributed by atoms with E-state index in [0.29, 0.717) is 18.7 Å². The van der Waals surface area contributed by atoms with Crippen LogP contribution in [-0.2, 0) is 38.0 Å². The first kappa shape index (κ1) is 41.3. The molecule has 0 spiro atoms. The lowest BCUT2D eigenvalue weighted by Crippen LogP contribution is -2.60. The monoisotopic (exact) mass is 714 g/mol. The largest absolute Gasteiger partial charge is 0.472 e. The van der Waals surface area contributed by atoms with Crippen molar-refractivity contribution in [2.75, 3.05) is 21.2 Å². The number of fused-ring (bicyclic) bond motifs is 2. The molecule has 3 saturated heterocycles. The van der Waals surface area contributed by atoms with Crippen molar-refractivity contribution in [2.24, 2.45) is 28.2 Å². The Balaban J connectivity index is 1.83. The van der Waals surface area contributed by atoms with E-state index in [9.17, 15) is 20.1 Å². The average Bonchev–Trinajstić information content (AvgIpc) is 3.33. The molecule has 0 aromatic heterocycles. The van der Waals surface area contributed by atoms with Gasteiger partial charge in [0.15, 0.2) is 18.5 Å². The maximum atomic E-state index is 14.1. The SMILES string of the molecule is COC1(C)CC(OC2C(C)C(=O)O[C@H](C)C(C)(C)C(O)C(C)N=C3OC(C)(CC3C)C(OC3OC(C)CC(N(C)C)C3O)C2C)OC(C)C1O. The number of rotatable bonds is 6. The molecule has 17 atom stereocenters. The first-order valence-corrected chi connectivity index (χ1v) is 18.4. The first-order valence-electron chi connectivity index (χ1n) is 18.4. The standard InChI is InChI=1S/C37H66N2O11/c1-18-16-37(11)31(49-34-27(40)25(39(12)13)15-19(2)45-34)20(3)28(48-26-17-36(10,44-14)30(42)23(6)46-26)21(4)33(43)47-24(7)35(8,9)29(41)22(5)38-32(18)50-37/h18-31,34,40-42H,15-17H2,1-14H3/t18?,19?,20?,21?,22?,23?,24-,25?,26?,27?,28?,29?,30?,31?,34?,36?,37?/m1/s1. The molecule has 16 unspecified atom stereocenters. The van der Waals surface area contributed by atoms with E-state index in [0.717, 1.165) is 0 Å². The molecule has 0 aliphatic carbocycles. The predicted molar refractivity (Wildman–Crippen MR) is 186 cm³/mol. The second-order valence-corrected chi connectivity index (χ2v) is 16.9. The molecule has 0 aromatic rings. The summed E-state index contributed by atoms with van der Waals surface area (Å²) in [5.41, 5.74) is -2.82. The fraction of sp³-hybridized carbons (Fsp3) is 0.946. The quantitative estimate of drug-likeness (QED) is 0.346. The van der Waals surface area contributed by atoms with E-state index in [-0.39, 0.29) is 24.5 Å². The number of carbonyl (C=O) groups is 1. The second kappa shape index (κ2) is 15.5. The molecule has 290 valence electrons. The van der Waals surface area contributed by atoms with Gasteiger partial charge in [0.05, 0.1) is 42.0 Å². The Kier molecular flexibility index (Phi) is 12.8. The van der Waals surface area contributed by atoms with Crippen LogP contribution in [0.15, 0.2) is 4.99 Å². The van der Waals surface area contributed by atoms with Crippen molar-refractivity contribution < 1.29 is 53.3 Å². The zero-order valence-electron chi connectivity index (χ0n) is 32.8. The van der Waals surface area contributed by atoms with Crippen LogP contribution < -0.4 is 0 Å². The minimum atomic E-state index is -1.00. The Morgan fingerprint density at radius 1 is 0.900 bits per heavy atom. The number of likely N-dealkylation sites (N-methyl/N-ethyl adjacent to an activating group) is 1. The van der Waals surface area contributed by atoms with Crippen LogP contribution in [0.3, 0.4) is 0 Å². The Hall–Kier alpha value is -1.42. The molecule has 13 heteroatoms. The highest BCUT2D eigenvalue weighted by Gasteiger charge is 2.55. The summed E-state index contributed by atoms with van der Waals surface area (Å²) >= 11 is 0. The van der Waals surface area contributed by atoms with Gasteiger partial charge in [-0.2, -0.15) is 0 Å². The zero-order valence-corrected chi connectivity index (χ0v) is 32.8. The van der Waals surface area contributed by atoms with Gasteiger partial charge in [-0.25, -0.2) is 4.99 Å². The van der Waals surface area contributed by atoms with Crippen molar-refractivity contribution in [1.82, 2.24) is 4.90 Å². The smallest absolute Gasteiger partial charge is 0.311 e. The van der Waals surface area contributed by atoms with Gasteiger partial charge in [0.2, 0.25) is 0 Å². The zero-order chi connectivity index (χ0) is 37.7. The van der Waals surface area contributed by atoms with Crippen molar-refractivity contribution in [3.63, 3.8) is 0 Å².